The lowest BCUT2D eigenvalue weighted by Crippen LogP contribution is -2.06. The van der Waals surface area contributed by atoms with Crippen LogP contribution in [0.1, 0.15) is 25.2 Å². The first kappa shape index (κ1) is 15.0. The maximum atomic E-state index is 11.1. The number of carboxylic acids is 1. The van der Waals surface area contributed by atoms with Gasteiger partial charge in [0.2, 0.25) is 11.8 Å². The van der Waals surface area contributed by atoms with E-state index < -0.39 is 5.97 Å². The molecule has 1 aromatic carbocycles. The molecule has 3 rings (SSSR count). The normalized spacial score (nSPS) is 16.9. The number of carbonyl (C=O) groups is 1. The molecule has 1 heterocycles. The lowest BCUT2D eigenvalue weighted by molar-refractivity contribution is -0.132. The van der Waals surface area contributed by atoms with E-state index in [2.05, 4.69) is 10.2 Å². The SMILES string of the molecule is CCOc1cccc(-c2nnc(C3C=C(C(=O)O)C=CC3)o2)c1. The van der Waals surface area contributed by atoms with Gasteiger partial charge in [-0.25, -0.2) is 4.79 Å². The standard InChI is InChI=1S/C17H16N2O4/c1-2-22-14-8-4-6-12(10-14)16-19-18-15(23-16)11-5-3-7-13(9-11)17(20)21/h3-4,6-11H,2,5H2,1H3,(H,20,21). The van der Waals surface area contributed by atoms with Crippen molar-refractivity contribution in [1.82, 2.24) is 10.2 Å². The largest absolute Gasteiger partial charge is 0.494 e. The molecule has 6 nitrogen and oxygen atoms in total. The quantitative estimate of drug-likeness (QED) is 0.912. The van der Waals surface area contributed by atoms with E-state index in [0.717, 1.165) is 11.3 Å². The van der Waals surface area contributed by atoms with Crippen molar-refractivity contribution in [2.75, 3.05) is 6.61 Å². The van der Waals surface area contributed by atoms with Crippen molar-refractivity contribution in [2.45, 2.75) is 19.3 Å². The number of allylic oxidation sites excluding steroid dienone is 2. The van der Waals surface area contributed by atoms with Crippen LogP contribution in [0, 0.1) is 0 Å². The second-order valence-corrected chi connectivity index (χ2v) is 5.08. The van der Waals surface area contributed by atoms with Gasteiger partial charge in [0.05, 0.1) is 18.1 Å². The second kappa shape index (κ2) is 6.48. The van der Waals surface area contributed by atoms with Crippen LogP contribution in [0.4, 0.5) is 0 Å². The lowest BCUT2D eigenvalue weighted by atomic mass is 9.96. The van der Waals surface area contributed by atoms with Gasteiger partial charge in [-0.15, -0.1) is 10.2 Å². The van der Waals surface area contributed by atoms with Gasteiger partial charge >= 0.3 is 5.97 Å². The van der Waals surface area contributed by atoms with E-state index in [1.807, 2.05) is 31.2 Å². The van der Waals surface area contributed by atoms with Gasteiger partial charge in [0.15, 0.2) is 0 Å². The molecular formula is C17H16N2O4. The Morgan fingerprint density at radius 2 is 2.30 bits per heavy atom. The molecule has 23 heavy (non-hydrogen) atoms. The molecule has 0 fully saturated rings. The molecular weight excluding hydrogens is 296 g/mol. The summed E-state index contributed by atoms with van der Waals surface area (Å²) < 4.78 is 11.2. The van der Waals surface area contributed by atoms with Crippen molar-refractivity contribution in [3.05, 3.63) is 54.0 Å². The highest BCUT2D eigenvalue weighted by Gasteiger charge is 2.21. The fourth-order valence-electron chi connectivity index (χ4n) is 2.38. The molecule has 118 valence electrons. The minimum absolute atomic E-state index is 0.220. The highest BCUT2D eigenvalue weighted by atomic mass is 16.5. The molecule has 1 atom stereocenters. The van der Waals surface area contributed by atoms with Crippen molar-refractivity contribution < 1.29 is 19.1 Å². The first-order chi connectivity index (χ1) is 11.2. The molecule has 6 heteroatoms. The number of carboxylic acid groups (broad SMARTS) is 1. The van der Waals surface area contributed by atoms with Crippen molar-refractivity contribution in [1.29, 1.82) is 0 Å². The minimum atomic E-state index is -0.963. The van der Waals surface area contributed by atoms with Gasteiger partial charge in [-0.3, -0.25) is 0 Å². The molecule has 1 aliphatic rings. The Bertz CT molecular complexity index is 776. The fourth-order valence-corrected chi connectivity index (χ4v) is 2.38. The Hall–Kier alpha value is -2.89. The summed E-state index contributed by atoms with van der Waals surface area (Å²) >= 11 is 0. The third kappa shape index (κ3) is 3.31. The van der Waals surface area contributed by atoms with Gasteiger partial charge in [-0.2, -0.15) is 0 Å². The number of aromatic nitrogens is 2. The number of nitrogens with zero attached hydrogens (tertiary/aromatic N) is 2. The molecule has 2 aromatic rings. The van der Waals surface area contributed by atoms with Crippen LogP contribution in [0.15, 0.2) is 52.5 Å². The molecule has 1 aliphatic carbocycles. The highest BCUT2D eigenvalue weighted by Crippen LogP contribution is 2.29. The average molecular weight is 312 g/mol. The van der Waals surface area contributed by atoms with Crippen LogP contribution in [0.3, 0.4) is 0 Å². The number of hydrogen-bond donors (Lipinski definition) is 1. The highest BCUT2D eigenvalue weighted by molar-refractivity contribution is 5.90. The van der Waals surface area contributed by atoms with Crippen LogP contribution in [0.5, 0.6) is 5.75 Å². The van der Waals surface area contributed by atoms with Gasteiger partial charge in [0, 0.05) is 5.56 Å². The third-order valence-corrected chi connectivity index (χ3v) is 3.46. The molecule has 0 aliphatic heterocycles. The maximum absolute atomic E-state index is 11.1. The molecule has 1 unspecified atom stereocenters. The molecule has 0 spiro atoms. The zero-order chi connectivity index (χ0) is 16.2. The molecule has 0 saturated carbocycles. The molecule has 1 aromatic heterocycles. The Labute approximate surface area is 133 Å². The summed E-state index contributed by atoms with van der Waals surface area (Å²) in [5.41, 5.74) is 1.00. The number of aliphatic carboxylic acids is 1. The fraction of sp³-hybridized carbons (Fsp3) is 0.235. The molecule has 0 radical (unpaired) electrons. The molecule has 0 bridgehead atoms. The predicted octanol–water partition coefficient (Wildman–Crippen LogP) is 3.19. The smallest absolute Gasteiger partial charge is 0.335 e. The van der Waals surface area contributed by atoms with Crippen LogP contribution < -0.4 is 4.74 Å². The summed E-state index contributed by atoms with van der Waals surface area (Å²) in [6.45, 7) is 2.50. The summed E-state index contributed by atoms with van der Waals surface area (Å²) in [7, 11) is 0. The zero-order valence-corrected chi connectivity index (χ0v) is 12.6. The first-order valence-electron chi connectivity index (χ1n) is 7.35. The molecule has 0 amide bonds. The van der Waals surface area contributed by atoms with E-state index in [-0.39, 0.29) is 11.5 Å². The monoisotopic (exact) mass is 312 g/mol. The van der Waals surface area contributed by atoms with E-state index in [1.165, 1.54) is 0 Å². The number of benzene rings is 1. The van der Waals surface area contributed by atoms with Crippen LogP contribution >= 0.6 is 0 Å². The molecule has 0 saturated heterocycles. The first-order valence-corrected chi connectivity index (χ1v) is 7.35. The van der Waals surface area contributed by atoms with E-state index >= 15 is 0 Å². The Balaban J connectivity index is 1.85. The van der Waals surface area contributed by atoms with Crippen LogP contribution in [-0.2, 0) is 4.79 Å². The van der Waals surface area contributed by atoms with Crippen LogP contribution in [-0.4, -0.2) is 27.9 Å². The van der Waals surface area contributed by atoms with Gasteiger partial charge in [-0.1, -0.05) is 24.3 Å². The van der Waals surface area contributed by atoms with Gasteiger partial charge in [-0.05, 0) is 31.5 Å². The van der Waals surface area contributed by atoms with Crippen molar-refractivity contribution in [2.24, 2.45) is 0 Å². The Kier molecular flexibility index (Phi) is 4.23. The summed E-state index contributed by atoms with van der Waals surface area (Å²) in [5, 5.41) is 17.2. The Morgan fingerprint density at radius 1 is 1.43 bits per heavy atom. The Morgan fingerprint density at radius 3 is 3.09 bits per heavy atom. The lowest BCUT2D eigenvalue weighted by Gasteiger charge is -2.10. The number of rotatable bonds is 5. The van der Waals surface area contributed by atoms with Gasteiger partial charge < -0.3 is 14.3 Å². The van der Waals surface area contributed by atoms with Crippen LogP contribution in [0.25, 0.3) is 11.5 Å². The summed E-state index contributed by atoms with van der Waals surface area (Å²) in [6, 6.07) is 7.41. The van der Waals surface area contributed by atoms with E-state index in [4.69, 9.17) is 14.3 Å². The third-order valence-electron chi connectivity index (χ3n) is 3.46. The maximum Gasteiger partial charge on any atom is 0.335 e. The van der Waals surface area contributed by atoms with Gasteiger partial charge in [0.25, 0.3) is 0 Å². The summed E-state index contributed by atoms with van der Waals surface area (Å²) in [6.07, 6.45) is 5.66. The average Bonchev–Trinajstić information content (AvgIpc) is 3.06. The van der Waals surface area contributed by atoms with E-state index in [1.54, 1.807) is 18.2 Å². The summed E-state index contributed by atoms with van der Waals surface area (Å²) in [4.78, 5) is 11.1. The van der Waals surface area contributed by atoms with Crippen LogP contribution in [0.2, 0.25) is 0 Å². The van der Waals surface area contributed by atoms with Crippen molar-refractivity contribution in [3.63, 3.8) is 0 Å². The summed E-state index contributed by atoms with van der Waals surface area (Å²) in [5.74, 6) is 0.349. The van der Waals surface area contributed by atoms with Crippen molar-refractivity contribution >= 4 is 5.97 Å². The van der Waals surface area contributed by atoms with E-state index in [0.29, 0.717) is 24.8 Å². The topological polar surface area (TPSA) is 85.5 Å². The van der Waals surface area contributed by atoms with Gasteiger partial charge in [0.1, 0.15) is 5.75 Å². The molecule has 1 N–H and O–H groups in total. The number of ether oxygens (including phenoxy) is 1. The minimum Gasteiger partial charge on any atom is -0.494 e. The van der Waals surface area contributed by atoms with E-state index in [9.17, 15) is 4.79 Å². The van der Waals surface area contributed by atoms with Crippen molar-refractivity contribution in [3.8, 4) is 17.2 Å². The second-order valence-electron chi connectivity index (χ2n) is 5.08. The number of hydrogen-bond acceptors (Lipinski definition) is 5. The predicted molar refractivity (Wildman–Crippen MR) is 83.1 cm³/mol. The zero-order valence-electron chi connectivity index (χ0n) is 12.6.